The van der Waals surface area contributed by atoms with Crippen molar-refractivity contribution in [3.8, 4) is 0 Å². The third kappa shape index (κ3) is 4.77. The van der Waals surface area contributed by atoms with Crippen LogP contribution in [0.4, 0.5) is 5.69 Å². The molecule has 1 saturated carbocycles. The van der Waals surface area contributed by atoms with E-state index in [1.54, 1.807) is 0 Å². The molecule has 0 saturated heterocycles. The van der Waals surface area contributed by atoms with Crippen LogP contribution in [0.5, 0.6) is 0 Å². The minimum atomic E-state index is 0.540. The van der Waals surface area contributed by atoms with Crippen molar-refractivity contribution in [1.82, 2.24) is 5.32 Å². The summed E-state index contributed by atoms with van der Waals surface area (Å²) >= 11 is 8.80. The van der Waals surface area contributed by atoms with Crippen LogP contribution in [0.3, 0.4) is 0 Å². The van der Waals surface area contributed by atoms with Crippen molar-refractivity contribution in [3.05, 3.63) is 28.7 Å². The van der Waals surface area contributed by atoms with Gasteiger partial charge in [-0.25, -0.2) is 0 Å². The molecule has 19 heavy (non-hydrogen) atoms. The Kier molecular flexibility index (Phi) is 5.64. The first-order chi connectivity index (χ1) is 9.17. The Morgan fingerprint density at radius 1 is 1.21 bits per heavy atom. The molecule has 0 bridgehead atoms. The molecule has 104 valence electrons. The van der Waals surface area contributed by atoms with Gasteiger partial charge in [0.25, 0.3) is 0 Å². The van der Waals surface area contributed by atoms with Crippen molar-refractivity contribution < 1.29 is 0 Å². The molecule has 0 aromatic heterocycles. The third-order valence-corrected chi connectivity index (χ3v) is 4.61. The molecule has 0 radical (unpaired) electrons. The smallest absolute Gasteiger partial charge is 0.170 e. The second kappa shape index (κ2) is 7.25. The molecule has 1 aliphatic rings. The second-order valence-corrected chi connectivity index (χ2v) is 6.56. The fourth-order valence-electron chi connectivity index (χ4n) is 2.60. The number of anilines is 1. The van der Waals surface area contributed by atoms with E-state index in [1.165, 1.54) is 32.1 Å². The van der Waals surface area contributed by atoms with E-state index in [4.69, 9.17) is 12.2 Å². The molecule has 2 rings (SSSR count). The van der Waals surface area contributed by atoms with E-state index in [0.29, 0.717) is 6.04 Å². The fourth-order valence-corrected chi connectivity index (χ4v) is 3.15. The van der Waals surface area contributed by atoms with Crippen molar-refractivity contribution in [2.24, 2.45) is 5.92 Å². The van der Waals surface area contributed by atoms with Crippen LogP contribution >= 0.6 is 28.1 Å². The number of hydrogen-bond donors (Lipinski definition) is 2. The van der Waals surface area contributed by atoms with E-state index in [-0.39, 0.29) is 0 Å². The van der Waals surface area contributed by atoms with E-state index in [0.717, 1.165) is 21.2 Å². The average Bonchev–Trinajstić information content (AvgIpc) is 2.42. The number of thiocarbonyl (C=S) groups is 1. The van der Waals surface area contributed by atoms with Gasteiger partial charge in [0.1, 0.15) is 0 Å². The Morgan fingerprint density at radius 2 is 1.84 bits per heavy atom. The van der Waals surface area contributed by atoms with Gasteiger partial charge < -0.3 is 10.6 Å². The lowest BCUT2D eigenvalue weighted by molar-refractivity contribution is 0.306. The van der Waals surface area contributed by atoms with E-state index in [9.17, 15) is 0 Å². The van der Waals surface area contributed by atoms with Crippen LogP contribution < -0.4 is 10.6 Å². The largest absolute Gasteiger partial charge is 0.360 e. The lowest BCUT2D eigenvalue weighted by atomic mass is 9.85. The van der Waals surface area contributed by atoms with Crippen LogP contribution in [0.1, 0.15) is 39.0 Å². The predicted octanol–water partition coefficient (Wildman–Crippen LogP) is 4.70. The summed E-state index contributed by atoms with van der Waals surface area (Å²) in [4.78, 5) is 0. The minimum Gasteiger partial charge on any atom is -0.360 e. The van der Waals surface area contributed by atoms with Crippen molar-refractivity contribution in [3.63, 3.8) is 0 Å². The first kappa shape index (κ1) is 14.8. The minimum absolute atomic E-state index is 0.540. The van der Waals surface area contributed by atoms with Gasteiger partial charge in [-0.05, 0) is 68.1 Å². The highest BCUT2D eigenvalue weighted by molar-refractivity contribution is 9.10. The molecule has 1 fully saturated rings. The number of nitrogens with one attached hydrogen (secondary N) is 2. The molecule has 0 aliphatic heterocycles. The first-order valence-corrected chi connectivity index (χ1v) is 8.20. The zero-order valence-electron chi connectivity index (χ0n) is 11.3. The number of benzene rings is 1. The standard InChI is InChI=1S/C15H21BrN2S/c1-2-11-3-7-13(8-4-11)17-15(19)18-14-9-5-12(16)6-10-14/h5-6,9-11,13H,2-4,7-8H2,1H3,(H2,17,18,19). The van der Waals surface area contributed by atoms with Gasteiger partial charge in [-0.3, -0.25) is 0 Å². The summed E-state index contributed by atoms with van der Waals surface area (Å²) < 4.78 is 1.08. The van der Waals surface area contributed by atoms with Gasteiger partial charge in [-0.1, -0.05) is 29.3 Å². The quantitative estimate of drug-likeness (QED) is 0.779. The molecule has 1 aromatic carbocycles. The molecule has 0 heterocycles. The maximum absolute atomic E-state index is 5.37. The average molecular weight is 341 g/mol. The van der Waals surface area contributed by atoms with Crippen LogP contribution in [0.2, 0.25) is 0 Å². The molecule has 2 nitrogen and oxygen atoms in total. The Morgan fingerprint density at radius 3 is 2.42 bits per heavy atom. The maximum Gasteiger partial charge on any atom is 0.170 e. The Bertz CT molecular complexity index is 411. The third-order valence-electron chi connectivity index (χ3n) is 3.86. The van der Waals surface area contributed by atoms with Gasteiger partial charge in [-0.15, -0.1) is 0 Å². The Labute approximate surface area is 129 Å². The maximum atomic E-state index is 5.37. The van der Waals surface area contributed by atoms with E-state index < -0.39 is 0 Å². The fraction of sp³-hybridized carbons (Fsp3) is 0.533. The molecule has 0 atom stereocenters. The zero-order chi connectivity index (χ0) is 13.7. The van der Waals surface area contributed by atoms with Crippen LogP contribution in [0.15, 0.2) is 28.7 Å². The van der Waals surface area contributed by atoms with Crippen molar-refractivity contribution in [2.75, 3.05) is 5.32 Å². The van der Waals surface area contributed by atoms with Gasteiger partial charge in [0.2, 0.25) is 0 Å². The van der Waals surface area contributed by atoms with E-state index >= 15 is 0 Å². The summed E-state index contributed by atoms with van der Waals surface area (Å²) in [5.74, 6) is 0.922. The normalized spacial score (nSPS) is 22.8. The molecule has 1 aliphatic carbocycles. The molecular formula is C15H21BrN2S. The van der Waals surface area contributed by atoms with Gasteiger partial charge in [0, 0.05) is 16.2 Å². The van der Waals surface area contributed by atoms with Gasteiger partial charge in [0.05, 0.1) is 0 Å². The number of hydrogen-bond acceptors (Lipinski definition) is 1. The second-order valence-electron chi connectivity index (χ2n) is 5.23. The van der Waals surface area contributed by atoms with Crippen molar-refractivity contribution in [2.45, 2.75) is 45.1 Å². The lowest BCUT2D eigenvalue weighted by Crippen LogP contribution is -2.39. The molecule has 0 spiro atoms. The Balaban J connectivity index is 1.77. The summed E-state index contributed by atoms with van der Waals surface area (Å²) in [6.45, 7) is 2.29. The molecule has 0 unspecified atom stereocenters. The van der Waals surface area contributed by atoms with E-state index in [2.05, 4.69) is 33.5 Å². The zero-order valence-corrected chi connectivity index (χ0v) is 13.7. The van der Waals surface area contributed by atoms with Gasteiger partial charge in [0.15, 0.2) is 5.11 Å². The first-order valence-electron chi connectivity index (χ1n) is 7.00. The van der Waals surface area contributed by atoms with Crippen LogP contribution in [-0.2, 0) is 0 Å². The molecule has 1 aromatic rings. The molecule has 4 heteroatoms. The highest BCUT2D eigenvalue weighted by Gasteiger charge is 2.20. The van der Waals surface area contributed by atoms with Crippen molar-refractivity contribution in [1.29, 1.82) is 0 Å². The monoisotopic (exact) mass is 340 g/mol. The lowest BCUT2D eigenvalue weighted by Gasteiger charge is -2.29. The molecule has 2 N–H and O–H groups in total. The summed E-state index contributed by atoms with van der Waals surface area (Å²) in [7, 11) is 0. The summed E-state index contributed by atoms with van der Waals surface area (Å²) in [5.41, 5.74) is 1.03. The van der Waals surface area contributed by atoms with Crippen LogP contribution in [-0.4, -0.2) is 11.2 Å². The SMILES string of the molecule is CCC1CCC(NC(=S)Nc2ccc(Br)cc2)CC1. The van der Waals surface area contributed by atoms with Gasteiger partial charge in [-0.2, -0.15) is 0 Å². The van der Waals surface area contributed by atoms with Crippen LogP contribution in [0.25, 0.3) is 0 Å². The number of halogens is 1. The molecule has 0 amide bonds. The summed E-state index contributed by atoms with van der Waals surface area (Å²) in [6, 6.07) is 8.60. The molecular weight excluding hydrogens is 320 g/mol. The predicted molar refractivity (Wildman–Crippen MR) is 89.5 cm³/mol. The highest BCUT2D eigenvalue weighted by Crippen LogP contribution is 2.26. The topological polar surface area (TPSA) is 24.1 Å². The van der Waals surface area contributed by atoms with Gasteiger partial charge >= 0.3 is 0 Å². The van der Waals surface area contributed by atoms with Crippen LogP contribution in [0, 0.1) is 5.92 Å². The highest BCUT2D eigenvalue weighted by atomic mass is 79.9. The Hall–Kier alpha value is -0.610. The summed E-state index contributed by atoms with van der Waals surface area (Å²) in [6.07, 6.45) is 6.44. The number of rotatable bonds is 3. The van der Waals surface area contributed by atoms with Crippen molar-refractivity contribution >= 4 is 38.9 Å². The summed E-state index contributed by atoms with van der Waals surface area (Å²) in [5, 5.41) is 7.41. The van der Waals surface area contributed by atoms with E-state index in [1.807, 2.05) is 24.3 Å².